The van der Waals surface area contributed by atoms with Crippen LogP contribution in [0.4, 0.5) is 0 Å². The molecule has 1 aliphatic heterocycles. The summed E-state index contributed by atoms with van der Waals surface area (Å²) in [4.78, 5) is 22.0. The molecule has 1 rings (SSSR count). The van der Waals surface area contributed by atoms with E-state index in [2.05, 4.69) is 11.7 Å². The summed E-state index contributed by atoms with van der Waals surface area (Å²) >= 11 is 0. The number of unbranched alkanes of at least 4 members (excludes halogenated alkanes) is 3. The molecule has 0 saturated carbocycles. The van der Waals surface area contributed by atoms with E-state index in [0.717, 1.165) is 19.4 Å². The van der Waals surface area contributed by atoms with Gasteiger partial charge in [0.15, 0.2) is 0 Å². The zero-order valence-corrected chi connectivity index (χ0v) is 10.6. The Kier molecular flexibility index (Phi) is 6.86. The smallest absolute Gasteiger partial charge is 0.317 e. The van der Waals surface area contributed by atoms with Crippen molar-refractivity contribution in [3.63, 3.8) is 0 Å². The van der Waals surface area contributed by atoms with Gasteiger partial charge in [-0.25, -0.2) is 0 Å². The number of ether oxygens (including phenoxy) is 2. The van der Waals surface area contributed by atoms with Gasteiger partial charge in [-0.15, -0.1) is 0 Å². The number of hydrogen-bond acceptors (Lipinski definition) is 4. The lowest BCUT2D eigenvalue weighted by Crippen LogP contribution is -2.08. The van der Waals surface area contributed by atoms with Crippen molar-refractivity contribution in [2.75, 3.05) is 13.2 Å². The normalized spacial score (nSPS) is 19.7. The Morgan fingerprint density at radius 1 is 1.18 bits per heavy atom. The first-order valence-electron chi connectivity index (χ1n) is 6.56. The Morgan fingerprint density at radius 3 is 2.59 bits per heavy atom. The molecular weight excluding hydrogens is 220 g/mol. The Labute approximate surface area is 103 Å². The summed E-state index contributed by atoms with van der Waals surface area (Å²) in [6, 6.07) is 0. The number of cyclic esters (lactones) is 2. The lowest BCUT2D eigenvalue weighted by molar-refractivity contribution is -0.153. The highest BCUT2D eigenvalue weighted by Crippen LogP contribution is 2.20. The van der Waals surface area contributed by atoms with Gasteiger partial charge in [0, 0.05) is 13.2 Å². The molecule has 1 heterocycles. The van der Waals surface area contributed by atoms with Gasteiger partial charge in [-0.05, 0) is 19.3 Å². The zero-order valence-electron chi connectivity index (χ0n) is 10.6. The molecule has 0 aromatic rings. The van der Waals surface area contributed by atoms with Crippen LogP contribution >= 0.6 is 0 Å². The first kappa shape index (κ1) is 14.2. The van der Waals surface area contributed by atoms with Gasteiger partial charge in [-0.2, -0.15) is 0 Å². The van der Waals surface area contributed by atoms with Crippen LogP contribution < -0.4 is 0 Å². The second-order valence-corrected chi connectivity index (χ2v) is 4.51. The standard InChI is InChI=1S/C13H22O4/c1-2-3-4-5-8-16-9-6-7-11-10-12(14)17-13(11)15/h11H,2-10H2,1H3. The van der Waals surface area contributed by atoms with Crippen LogP contribution in [0, 0.1) is 5.92 Å². The minimum absolute atomic E-state index is 0.230. The first-order valence-corrected chi connectivity index (χ1v) is 6.56. The maximum atomic E-state index is 11.1. The van der Waals surface area contributed by atoms with E-state index in [1.54, 1.807) is 0 Å². The van der Waals surface area contributed by atoms with Gasteiger partial charge in [0.1, 0.15) is 0 Å². The number of rotatable bonds is 9. The Morgan fingerprint density at radius 2 is 1.94 bits per heavy atom. The Hall–Kier alpha value is -0.900. The van der Waals surface area contributed by atoms with E-state index in [0.29, 0.717) is 13.0 Å². The third-order valence-electron chi connectivity index (χ3n) is 2.94. The largest absolute Gasteiger partial charge is 0.393 e. The van der Waals surface area contributed by atoms with E-state index in [1.807, 2.05) is 0 Å². The van der Waals surface area contributed by atoms with Crippen LogP contribution in [0.2, 0.25) is 0 Å². The second-order valence-electron chi connectivity index (χ2n) is 4.51. The summed E-state index contributed by atoms with van der Waals surface area (Å²) < 4.78 is 9.94. The number of hydrogen-bond donors (Lipinski definition) is 0. The molecule has 4 nitrogen and oxygen atoms in total. The van der Waals surface area contributed by atoms with Crippen molar-refractivity contribution in [2.45, 2.75) is 51.9 Å². The summed E-state index contributed by atoms with van der Waals surface area (Å²) in [5.74, 6) is -0.982. The highest BCUT2D eigenvalue weighted by Gasteiger charge is 2.32. The summed E-state index contributed by atoms with van der Waals surface area (Å²) in [6.07, 6.45) is 6.59. The summed E-state index contributed by atoms with van der Waals surface area (Å²) in [7, 11) is 0. The van der Waals surface area contributed by atoms with Crippen molar-refractivity contribution in [3.05, 3.63) is 0 Å². The van der Waals surface area contributed by atoms with E-state index in [-0.39, 0.29) is 24.3 Å². The molecule has 4 heteroatoms. The molecule has 0 amide bonds. The molecule has 17 heavy (non-hydrogen) atoms. The molecule has 0 spiro atoms. The molecule has 98 valence electrons. The average molecular weight is 242 g/mol. The van der Waals surface area contributed by atoms with Crippen molar-refractivity contribution < 1.29 is 19.1 Å². The SMILES string of the molecule is CCCCCCOCCCC1CC(=O)OC1=O. The van der Waals surface area contributed by atoms with Crippen LogP contribution in [0.3, 0.4) is 0 Å². The van der Waals surface area contributed by atoms with Gasteiger partial charge < -0.3 is 9.47 Å². The molecule has 0 bridgehead atoms. The molecule has 1 unspecified atom stereocenters. The molecule has 1 atom stereocenters. The van der Waals surface area contributed by atoms with Crippen molar-refractivity contribution >= 4 is 11.9 Å². The highest BCUT2D eigenvalue weighted by atomic mass is 16.6. The van der Waals surface area contributed by atoms with Crippen molar-refractivity contribution in [3.8, 4) is 0 Å². The fraction of sp³-hybridized carbons (Fsp3) is 0.846. The minimum Gasteiger partial charge on any atom is -0.393 e. The zero-order chi connectivity index (χ0) is 12.5. The average Bonchev–Trinajstić information content (AvgIpc) is 2.61. The minimum atomic E-state index is -0.388. The van der Waals surface area contributed by atoms with Gasteiger partial charge in [-0.3, -0.25) is 9.59 Å². The van der Waals surface area contributed by atoms with Gasteiger partial charge in [0.25, 0.3) is 0 Å². The Bertz CT molecular complexity index is 250. The topological polar surface area (TPSA) is 52.6 Å². The van der Waals surface area contributed by atoms with Gasteiger partial charge in [0.2, 0.25) is 0 Å². The molecule has 0 aliphatic carbocycles. The van der Waals surface area contributed by atoms with E-state index in [4.69, 9.17) is 4.74 Å². The summed E-state index contributed by atoms with van der Waals surface area (Å²) in [6.45, 7) is 3.65. The van der Waals surface area contributed by atoms with E-state index < -0.39 is 0 Å². The molecule has 0 radical (unpaired) electrons. The summed E-state index contributed by atoms with van der Waals surface area (Å²) in [5.41, 5.74) is 0. The van der Waals surface area contributed by atoms with E-state index >= 15 is 0 Å². The number of carbonyl (C=O) groups excluding carboxylic acids is 2. The lowest BCUT2D eigenvalue weighted by Gasteiger charge is -2.05. The molecule has 1 aliphatic rings. The predicted octanol–water partition coefficient (Wildman–Crippen LogP) is 2.45. The molecule has 0 N–H and O–H groups in total. The Balaban J connectivity index is 1.91. The molecule has 0 aromatic carbocycles. The van der Waals surface area contributed by atoms with Crippen molar-refractivity contribution in [1.29, 1.82) is 0 Å². The monoisotopic (exact) mass is 242 g/mol. The van der Waals surface area contributed by atoms with E-state index in [9.17, 15) is 9.59 Å². The van der Waals surface area contributed by atoms with E-state index in [1.165, 1.54) is 19.3 Å². The maximum Gasteiger partial charge on any atom is 0.317 e. The van der Waals surface area contributed by atoms with Gasteiger partial charge in [0.05, 0.1) is 12.3 Å². The number of esters is 2. The number of carbonyl (C=O) groups is 2. The van der Waals surface area contributed by atoms with Gasteiger partial charge >= 0.3 is 11.9 Å². The fourth-order valence-corrected chi connectivity index (χ4v) is 1.91. The van der Waals surface area contributed by atoms with Gasteiger partial charge in [-0.1, -0.05) is 26.2 Å². The van der Waals surface area contributed by atoms with Crippen LogP contribution in [-0.4, -0.2) is 25.2 Å². The van der Waals surface area contributed by atoms with Crippen LogP contribution in [0.5, 0.6) is 0 Å². The molecule has 1 saturated heterocycles. The third kappa shape index (κ3) is 5.82. The van der Waals surface area contributed by atoms with Crippen LogP contribution in [0.1, 0.15) is 51.9 Å². The quantitative estimate of drug-likeness (QED) is 0.354. The highest BCUT2D eigenvalue weighted by molar-refractivity contribution is 5.94. The first-order chi connectivity index (χ1) is 8.24. The van der Waals surface area contributed by atoms with Crippen molar-refractivity contribution in [1.82, 2.24) is 0 Å². The molecule has 1 fully saturated rings. The second kappa shape index (κ2) is 8.23. The van der Waals surface area contributed by atoms with Crippen LogP contribution in [0.15, 0.2) is 0 Å². The lowest BCUT2D eigenvalue weighted by atomic mass is 10.0. The van der Waals surface area contributed by atoms with Crippen molar-refractivity contribution in [2.24, 2.45) is 5.92 Å². The fourth-order valence-electron chi connectivity index (χ4n) is 1.91. The molecule has 0 aromatic heterocycles. The maximum absolute atomic E-state index is 11.1. The van der Waals surface area contributed by atoms with Crippen LogP contribution in [-0.2, 0) is 19.1 Å². The molecular formula is C13H22O4. The predicted molar refractivity (Wildman–Crippen MR) is 63.4 cm³/mol. The third-order valence-corrected chi connectivity index (χ3v) is 2.94. The summed E-state index contributed by atoms with van der Waals surface area (Å²) in [5, 5.41) is 0. The van der Waals surface area contributed by atoms with Crippen LogP contribution in [0.25, 0.3) is 0 Å².